The van der Waals surface area contributed by atoms with Crippen LogP contribution >= 0.6 is 11.3 Å². The topological polar surface area (TPSA) is 96.0 Å². The number of benzene rings is 2. The van der Waals surface area contributed by atoms with Crippen LogP contribution in [-0.2, 0) is 6.54 Å². The van der Waals surface area contributed by atoms with Crippen LogP contribution in [-0.4, -0.2) is 29.6 Å². The van der Waals surface area contributed by atoms with Gasteiger partial charge in [0.05, 0.1) is 29.4 Å². The summed E-state index contributed by atoms with van der Waals surface area (Å²) < 4.78 is 12.9. The highest BCUT2D eigenvalue weighted by Gasteiger charge is 2.14. The molecule has 0 aliphatic rings. The van der Waals surface area contributed by atoms with Crippen LogP contribution in [0.1, 0.15) is 17.3 Å². The van der Waals surface area contributed by atoms with E-state index in [1.165, 1.54) is 37.7 Å². The predicted octanol–water partition coefficient (Wildman–Crippen LogP) is 3.39. The monoisotopic (exact) mass is 387 g/mol. The molecule has 0 spiro atoms. The lowest BCUT2D eigenvalue weighted by molar-refractivity contribution is -0.384. The Kier molecular flexibility index (Phi) is 5.22. The van der Waals surface area contributed by atoms with Gasteiger partial charge in [0.25, 0.3) is 11.6 Å². The summed E-state index contributed by atoms with van der Waals surface area (Å²) in [5, 5.41) is 11.0. The molecule has 0 aliphatic carbocycles. The van der Waals surface area contributed by atoms with Gasteiger partial charge in [0, 0.05) is 24.2 Å². The Bertz CT molecular complexity index is 1100. The maximum Gasteiger partial charge on any atom is 0.279 e. The number of carbonyl (C=O) groups excluding carboxylic acids is 1. The number of rotatable bonds is 5. The number of non-ortho nitro benzene ring substituents is 1. The number of nitro groups is 1. The summed E-state index contributed by atoms with van der Waals surface area (Å²) in [7, 11) is 3.01. The van der Waals surface area contributed by atoms with Crippen molar-refractivity contribution in [3.8, 4) is 11.5 Å². The maximum atomic E-state index is 12.6. The van der Waals surface area contributed by atoms with Gasteiger partial charge in [-0.3, -0.25) is 14.9 Å². The zero-order valence-electron chi connectivity index (χ0n) is 15.0. The number of amides is 1. The second-order valence-corrected chi connectivity index (χ2v) is 6.53. The molecule has 0 bridgehead atoms. The van der Waals surface area contributed by atoms with Gasteiger partial charge in [-0.25, -0.2) is 0 Å². The van der Waals surface area contributed by atoms with Crippen molar-refractivity contribution < 1.29 is 19.2 Å². The third-order valence-electron chi connectivity index (χ3n) is 4.02. The number of ether oxygens (including phenoxy) is 2. The highest BCUT2D eigenvalue weighted by Crippen LogP contribution is 2.28. The van der Waals surface area contributed by atoms with Crippen LogP contribution in [0.4, 0.5) is 5.69 Å². The summed E-state index contributed by atoms with van der Waals surface area (Å²) in [5.41, 5.74) is 1.16. The molecule has 27 heavy (non-hydrogen) atoms. The molecule has 140 valence electrons. The predicted molar refractivity (Wildman–Crippen MR) is 102 cm³/mol. The number of aryl methyl sites for hydroxylation is 1. The minimum atomic E-state index is -0.443. The van der Waals surface area contributed by atoms with E-state index in [2.05, 4.69) is 4.99 Å². The normalized spacial score (nSPS) is 11.6. The van der Waals surface area contributed by atoms with Crippen molar-refractivity contribution in [3.05, 3.63) is 56.9 Å². The van der Waals surface area contributed by atoms with Crippen molar-refractivity contribution >= 4 is 33.1 Å². The number of aromatic nitrogens is 1. The van der Waals surface area contributed by atoms with Crippen LogP contribution in [0.3, 0.4) is 0 Å². The molecule has 0 saturated carbocycles. The molecule has 0 atom stereocenters. The zero-order chi connectivity index (χ0) is 19.6. The molecule has 0 saturated heterocycles. The van der Waals surface area contributed by atoms with Gasteiger partial charge in [-0.05, 0) is 31.2 Å². The SMILES string of the molecule is CCn1c(=NC(=O)c2ccc(OC)c(OC)c2)sc2cc([N+](=O)[O-])ccc21. The number of hydrogen-bond acceptors (Lipinski definition) is 6. The number of fused-ring (bicyclic) bond motifs is 1. The van der Waals surface area contributed by atoms with E-state index in [1.54, 1.807) is 24.3 Å². The summed E-state index contributed by atoms with van der Waals surface area (Å²) in [6.07, 6.45) is 0. The van der Waals surface area contributed by atoms with E-state index in [0.29, 0.717) is 33.1 Å². The number of thiazole rings is 1. The molecule has 1 amide bonds. The summed E-state index contributed by atoms with van der Waals surface area (Å²) in [4.78, 5) is 27.9. The molecule has 0 aliphatic heterocycles. The van der Waals surface area contributed by atoms with Crippen molar-refractivity contribution in [1.29, 1.82) is 0 Å². The van der Waals surface area contributed by atoms with Gasteiger partial charge >= 0.3 is 0 Å². The average Bonchev–Trinajstić information content (AvgIpc) is 3.03. The van der Waals surface area contributed by atoms with Gasteiger partial charge in [-0.1, -0.05) is 11.3 Å². The van der Waals surface area contributed by atoms with E-state index in [-0.39, 0.29) is 5.69 Å². The third kappa shape index (κ3) is 3.54. The molecular weight excluding hydrogens is 370 g/mol. The van der Waals surface area contributed by atoms with Crippen molar-refractivity contribution in [2.24, 2.45) is 4.99 Å². The lowest BCUT2D eigenvalue weighted by Gasteiger charge is -2.07. The summed E-state index contributed by atoms with van der Waals surface area (Å²) in [6, 6.07) is 9.44. The Labute approximate surface area is 158 Å². The molecule has 1 heterocycles. The second kappa shape index (κ2) is 7.58. The van der Waals surface area contributed by atoms with E-state index in [1.807, 2.05) is 11.5 Å². The van der Waals surface area contributed by atoms with Crippen molar-refractivity contribution in [3.63, 3.8) is 0 Å². The van der Waals surface area contributed by atoms with Crippen LogP contribution < -0.4 is 14.3 Å². The maximum absolute atomic E-state index is 12.6. The van der Waals surface area contributed by atoms with Crippen LogP contribution in [0.2, 0.25) is 0 Å². The van der Waals surface area contributed by atoms with Crippen LogP contribution in [0.15, 0.2) is 41.4 Å². The molecule has 0 radical (unpaired) electrons. The molecule has 9 heteroatoms. The summed E-state index contributed by atoms with van der Waals surface area (Å²) in [6.45, 7) is 2.50. The molecule has 0 N–H and O–H groups in total. The molecule has 3 aromatic rings. The third-order valence-corrected chi connectivity index (χ3v) is 5.06. The van der Waals surface area contributed by atoms with E-state index >= 15 is 0 Å². The first-order valence-corrected chi connectivity index (χ1v) is 8.89. The number of nitrogens with zero attached hydrogens (tertiary/aromatic N) is 3. The molecule has 1 aromatic heterocycles. The molecule has 3 rings (SSSR count). The molecule has 0 fully saturated rings. The van der Waals surface area contributed by atoms with Crippen LogP contribution in [0, 0.1) is 10.1 Å². The lowest BCUT2D eigenvalue weighted by Crippen LogP contribution is -2.15. The Morgan fingerprint density at radius 2 is 1.93 bits per heavy atom. The van der Waals surface area contributed by atoms with Gasteiger partial charge < -0.3 is 14.0 Å². The second-order valence-electron chi connectivity index (χ2n) is 5.52. The Balaban J connectivity index is 2.09. The van der Waals surface area contributed by atoms with Crippen LogP contribution in [0.25, 0.3) is 10.2 Å². The lowest BCUT2D eigenvalue weighted by atomic mass is 10.2. The fraction of sp³-hybridized carbons (Fsp3) is 0.222. The van der Waals surface area contributed by atoms with Crippen molar-refractivity contribution in [2.75, 3.05) is 14.2 Å². The van der Waals surface area contributed by atoms with E-state index in [4.69, 9.17) is 9.47 Å². The van der Waals surface area contributed by atoms with Gasteiger partial charge in [-0.15, -0.1) is 0 Å². The molecule has 0 unspecified atom stereocenters. The molecular formula is C18H17N3O5S. The molecule has 8 nitrogen and oxygen atoms in total. The summed E-state index contributed by atoms with van der Waals surface area (Å²) >= 11 is 1.24. The average molecular weight is 387 g/mol. The minimum absolute atomic E-state index is 0.00442. The van der Waals surface area contributed by atoms with Crippen molar-refractivity contribution in [2.45, 2.75) is 13.5 Å². The first-order valence-electron chi connectivity index (χ1n) is 8.07. The van der Waals surface area contributed by atoms with Crippen molar-refractivity contribution in [1.82, 2.24) is 4.57 Å². The number of hydrogen-bond donors (Lipinski definition) is 0. The fourth-order valence-electron chi connectivity index (χ4n) is 2.69. The quantitative estimate of drug-likeness (QED) is 0.494. The largest absolute Gasteiger partial charge is 0.493 e. The Morgan fingerprint density at radius 3 is 2.56 bits per heavy atom. The fourth-order valence-corrected chi connectivity index (χ4v) is 3.81. The minimum Gasteiger partial charge on any atom is -0.493 e. The Morgan fingerprint density at radius 1 is 1.19 bits per heavy atom. The van der Waals surface area contributed by atoms with Gasteiger partial charge in [-0.2, -0.15) is 4.99 Å². The smallest absolute Gasteiger partial charge is 0.279 e. The number of nitro benzene ring substituents is 1. The number of methoxy groups -OCH3 is 2. The zero-order valence-corrected chi connectivity index (χ0v) is 15.8. The van der Waals surface area contributed by atoms with Gasteiger partial charge in [0.15, 0.2) is 16.3 Å². The van der Waals surface area contributed by atoms with E-state index < -0.39 is 10.8 Å². The van der Waals surface area contributed by atoms with E-state index in [9.17, 15) is 14.9 Å². The highest BCUT2D eigenvalue weighted by atomic mass is 32.1. The first-order chi connectivity index (χ1) is 13.0. The van der Waals surface area contributed by atoms with Gasteiger partial charge in [0.1, 0.15) is 0 Å². The van der Waals surface area contributed by atoms with Gasteiger partial charge in [0.2, 0.25) is 0 Å². The number of carbonyl (C=O) groups is 1. The van der Waals surface area contributed by atoms with Crippen LogP contribution in [0.5, 0.6) is 11.5 Å². The highest BCUT2D eigenvalue weighted by molar-refractivity contribution is 7.16. The summed E-state index contributed by atoms with van der Waals surface area (Å²) in [5.74, 6) is 0.528. The standard InChI is InChI=1S/C18H17N3O5S/c1-4-20-13-7-6-12(21(23)24)10-16(13)27-18(20)19-17(22)11-5-8-14(25-2)15(9-11)26-3/h5-10H,4H2,1-3H3. The Hall–Kier alpha value is -3.20. The first kappa shape index (κ1) is 18.6. The van der Waals surface area contributed by atoms with E-state index in [0.717, 1.165) is 5.52 Å². The molecule has 2 aromatic carbocycles.